The monoisotopic (exact) mass is 292 g/mol. The van der Waals surface area contributed by atoms with Crippen molar-refractivity contribution in [2.24, 2.45) is 0 Å². The van der Waals surface area contributed by atoms with E-state index in [0.29, 0.717) is 18.5 Å². The lowest BCUT2D eigenvalue weighted by Crippen LogP contribution is -2.50. The van der Waals surface area contributed by atoms with Crippen LogP contribution in [0.15, 0.2) is 18.3 Å². The van der Waals surface area contributed by atoms with E-state index in [1.807, 2.05) is 12.1 Å². The summed E-state index contributed by atoms with van der Waals surface area (Å²) in [6.07, 6.45) is 3.06. The average molecular weight is 292 g/mol. The molecule has 0 spiro atoms. The highest BCUT2D eigenvalue weighted by atomic mass is 16.3. The summed E-state index contributed by atoms with van der Waals surface area (Å²) in [7, 11) is 0. The van der Waals surface area contributed by atoms with Gasteiger partial charge in [-0.05, 0) is 53.5 Å². The van der Waals surface area contributed by atoms with Gasteiger partial charge in [0, 0.05) is 30.4 Å². The second-order valence-corrected chi connectivity index (χ2v) is 7.68. The molecule has 2 N–H and O–H groups in total. The normalized spacial score (nSPS) is 20.5. The largest absolute Gasteiger partial charge is 0.386 e. The first-order valence-corrected chi connectivity index (χ1v) is 7.69. The van der Waals surface area contributed by atoms with E-state index in [1.54, 1.807) is 20.0 Å². The van der Waals surface area contributed by atoms with Crippen LogP contribution in [0.2, 0.25) is 0 Å². The van der Waals surface area contributed by atoms with Gasteiger partial charge in [0.1, 0.15) is 5.60 Å². The van der Waals surface area contributed by atoms with Gasteiger partial charge in [-0.1, -0.05) is 6.07 Å². The van der Waals surface area contributed by atoms with Crippen molar-refractivity contribution in [3.8, 4) is 0 Å². The minimum atomic E-state index is -0.899. The van der Waals surface area contributed by atoms with Gasteiger partial charge >= 0.3 is 0 Å². The highest BCUT2D eigenvalue weighted by Crippen LogP contribution is 2.34. The van der Waals surface area contributed by atoms with Crippen LogP contribution in [0.25, 0.3) is 0 Å². The van der Waals surface area contributed by atoms with Crippen LogP contribution in [0.5, 0.6) is 0 Å². The van der Waals surface area contributed by atoms with E-state index in [4.69, 9.17) is 0 Å². The van der Waals surface area contributed by atoms with Crippen molar-refractivity contribution in [1.29, 1.82) is 0 Å². The lowest BCUT2D eigenvalue weighted by molar-refractivity contribution is -0.0490. The summed E-state index contributed by atoms with van der Waals surface area (Å²) in [6, 6.07) is 3.70. The van der Waals surface area contributed by atoms with Gasteiger partial charge in [0.25, 0.3) is 0 Å². The van der Waals surface area contributed by atoms with Crippen LogP contribution >= 0.6 is 0 Å². The average Bonchev–Trinajstić information content (AvgIpc) is 2.37. The lowest BCUT2D eigenvalue weighted by atomic mass is 9.85. The van der Waals surface area contributed by atoms with E-state index in [0.717, 1.165) is 18.7 Å². The molecule has 118 valence electrons. The Morgan fingerprint density at radius 1 is 1.10 bits per heavy atom. The van der Waals surface area contributed by atoms with Crippen molar-refractivity contribution in [2.75, 3.05) is 13.1 Å². The van der Waals surface area contributed by atoms with Gasteiger partial charge < -0.3 is 10.2 Å². The van der Waals surface area contributed by atoms with Crippen molar-refractivity contribution in [3.05, 3.63) is 29.6 Å². The molecule has 1 fully saturated rings. The molecule has 0 bridgehead atoms. The van der Waals surface area contributed by atoms with Crippen molar-refractivity contribution in [2.45, 2.75) is 64.2 Å². The Balaban J connectivity index is 2.12. The van der Waals surface area contributed by atoms with Crippen LogP contribution in [0.3, 0.4) is 0 Å². The number of hydrogen-bond donors (Lipinski definition) is 2. The third-order valence-electron chi connectivity index (χ3n) is 4.49. The summed E-state index contributed by atoms with van der Waals surface area (Å²) in [5.41, 5.74) is -0.130. The maximum Gasteiger partial charge on any atom is 0.109 e. The molecule has 1 aromatic heterocycles. The molecule has 0 saturated carbocycles. The Morgan fingerprint density at radius 3 is 2.05 bits per heavy atom. The molecule has 1 aliphatic rings. The number of hydrogen-bond acceptors (Lipinski definition) is 4. The van der Waals surface area contributed by atoms with Gasteiger partial charge in [-0.15, -0.1) is 0 Å². The molecule has 4 heteroatoms. The van der Waals surface area contributed by atoms with Gasteiger partial charge in [0.2, 0.25) is 0 Å². The SMILES string of the molecule is CC(C)(O)c1ccc(C2(O)CCN(C(C)(C)C)CC2)nc1. The second kappa shape index (κ2) is 5.34. The van der Waals surface area contributed by atoms with Gasteiger partial charge in [-0.25, -0.2) is 0 Å². The molecule has 2 heterocycles. The van der Waals surface area contributed by atoms with Crippen molar-refractivity contribution in [1.82, 2.24) is 9.88 Å². The maximum atomic E-state index is 10.9. The fraction of sp³-hybridized carbons (Fsp3) is 0.706. The summed E-state index contributed by atoms with van der Waals surface area (Å²) in [5.74, 6) is 0. The molecule has 1 aliphatic heterocycles. The molecule has 2 rings (SSSR count). The number of rotatable bonds is 2. The van der Waals surface area contributed by atoms with Crippen molar-refractivity contribution < 1.29 is 10.2 Å². The molecule has 0 aromatic carbocycles. The maximum absolute atomic E-state index is 10.9. The lowest BCUT2D eigenvalue weighted by Gasteiger charge is -2.44. The van der Waals surface area contributed by atoms with Crippen LogP contribution < -0.4 is 0 Å². The Hall–Kier alpha value is -0.970. The first-order valence-electron chi connectivity index (χ1n) is 7.69. The quantitative estimate of drug-likeness (QED) is 0.879. The molecule has 4 nitrogen and oxygen atoms in total. The fourth-order valence-corrected chi connectivity index (χ4v) is 2.83. The van der Waals surface area contributed by atoms with Gasteiger partial charge in [-0.3, -0.25) is 9.88 Å². The third kappa shape index (κ3) is 3.62. The highest BCUT2D eigenvalue weighted by molar-refractivity contribution is 5.23. The predicted octanol–water partition coefficient (Wildman–Crippen LogP) is 2.39. The summed E-state index contributed by atoms with van der Waals surface area (Å²) in [4.78, 5) is 6.79. The summed E-state index contributed by atoms with van der Waals surface area (Å²) >= 11 is 0. The van der Waals surface area contributed by atoms with Gasteiger partial charge in [-0.2, -0.15) is 0 Å². The smallest absolute Gasteiger partial charge is 0.109 e. The second-order valence-electron chi connectivity index (χ2n) is 7.68. The predicted molar refractivity (Wildman–Crippen MR) is 83.9 cm³/mol. The molecule has 0 amide bonds. The number of aromatic nitrogens is 1. The van der Waals surface area contributed by atoms with Gasteiger partial charge in [0.15, 0.2) is 0 Å². The third-order valence-corrected chi connectivity index (χ3v) is 4.49. The number of piperidine rings is 1. The summed E-state index contributed by atoms with van der Waals surface area (Å²) in [6.45, 7) is 11.8. The minimum absolute atomic E-state index is 0.138. The molecule has 21 heavy (non-hydrogen) atoms. The van der Waals surface area contributed by atoms with E-state index in [-0.39, 0.29) is 5.54 Å². The van der Waals surface area contributed by atoms with Crippen LogP contribution in [0.4, 0.5) is 0 Å². The Labute approximate surface area is 127 Å². The first-order chi connectivity index (χ1) is 9.52. The molecule has 0 unspecified atom stereocenters. The zero-order chi connectivity index (χ0) is 15.9. The van der Waals surface area contributed by atoms with Crippen LogP contribution in [-0.4, -0.2) is 38.7 Å². The van der Waals surface area contributed by atoms with E-state index < -0.39 is 11.2 Å². The number of nitrogens with zero attached hydrogens (tertiary/aromatic N) is 2. The molecule has 1 saturated heterocycles. The standard InChI is InChI=1S/C17H28N2O2/c1-15(2,3)19-10-8-17(21,9-11-19)14-7-6-13(12-18-14)16(4,5)20/h6-7,12,20-21H,8-11H2,1-5H3. The first kappa shape index (κ1) is 16.4. The molecule has 1 aromatic rings. The fourth-order valence-electron chi connectivity index (χ4n) is 2.83. The van der Waals surface area contributed by atoms with Crippen LogP contribution in [-0.2, 0) is 11.2 Å². The summed E-state index contributed by atoms with van der Waals surface area (Å²) < 4.78 is 0. The van der Waals surface area contributed by atoms with Crippen LogP contribution in [0, 0.1) is 0 Å². The highest BCUT2D eigenvalue weighted by Gasteiger charge is 2.38. The number of pyridine rings is 1. The Kier molecular flexibility index (Phi) is 4.17. The topological polar surface area (TPSA) is 56.6 Å². The van der Waals surface area contributed by atoms with Crippen LogP contribution in [0.1, 0.15) is 58.7 Å². The molecular weight excluding hydrogens is 264 g/mol. The Bertz CT molecular complexity index is 475. The van der Waals surface area contributed by atoms with Gasteiger partial charge in [0.05, 0.1) is 11.3 Å². The Morgan fingerprint density at radius 2 is 1.67 bits per heavy atom. The minimum Gasteiger partial charge on any atom is -0.386 e. The van der Waals surface area contributed by atoms with Crippen molar-refractivity contribution in [3.63, 3.8) is 0 Å². The van der Waals surface area contributed by atoms with E-state index in [1.165, 1.54) is 0 Å². The van der Waals surface area contributed by atoms with E-state index in [2.05, 4.69) is 30.7 Å². The number of likely N-dealkylation sites (tertiary alicyclic amines) is 1. The molecule has 0 aliphatic carbocycles. The summed E-state index contributed by atoms with van der Waals surface area (Å²) in [5, 5.41) is 20.8. The zero-order valence-electron chi connectivity index (χ0n) is 13.8. The van der Waals surface area contributed by atoms with E-state index >= 15 is 0 Å². The molecule has 0 atom stereocenters. The molecule has 0 radical (unpaired) electrons. The van der Waals surface area contributed by atoms with E-state index in [9.17, 15) is 10.2 Å². The molecular formula is C17H28N2O2. The number of aliphatic hydroxyl groups is 2. The van der Waals surface area contributed by atoms with Crippen molar-refractivity contribution >= 4 is 0 Å². The zero-order valence-corrected chi connectivity index (χ0v) is 13.8.